The summed E-state index contributed by atoms with van der Waals surface area (Å²) in [5.74, 6) is 1.57. The molecule has 0 aromatic carbocycles. The molecule has 2 rings (SSSR count). The van der Waals surface area contributed by atoms with Crippen LogP contribution >= 0.6 is 0 Å². The van der Waals surface area contributed by atoms with Gasteiger partial charge in [0.15, 0.2) is 0 Å². The number of hydrogen-bond donors (Lipinski definition) is 2. The van der Waals surface area contributed by atoms with E-state index >= 15 is 0 Å². The van der Waals surface area contributed by atoms with Gasteiger partial charge in [-0.2, -0.15) is 0 Å². The number of aliphatic hydroxyl groups is 1. The predicted molar refractivity (Wildman–Crippen MR) is 68.9 cm³/mol. The third kappa shape index (κ3) is 2.76. The lowest BCUT2D eigenvalue weighted by molar-refractivity contribution is 0.0464. The predicted octanol–water partition coefficient (Wildman–Crippen LogP) is 1.06. The van der Waals surface area contributed by atoms with Crippen molar-refractivity contribution in [2.75, 3.05) is 18.5 Å². The highest BCUT2D eigenvalue weighted by Crippen LogP contribution is 2.29. The summed E-state index contributed by atoms with van der Waals surface area (Å²) in [6.07, 6.45) is 1.73. The zero-order chi connectivity index (χ0) is 12.4. The number of nitrogens with two attached hydrogens (primary N) is 1. The van der Waals surface area contributed by atoms with Crippen LogP contribution in [0.2, 0.25) is 0 Å². The Morgan fingerprint density at radius 3 is 2.76 bits per heavy atom. The highest BCUT2D eigenvalue weighted by molar-refractivity contribution is 5.47. The fraction of sp³-hybridized carbons (Fsp3) is 0.615. The first-order valence-corrected chi connectivity index (χ1v) is 6.16. The zero-order valence-electron chi connectivity index (χ0n) is 10.6. The van der Waals surface area contributed by atoms with Crippen molar-refractivity contribution >= 4 is 5.82 Å². The van der Waals surface area contributed by atoms with Crippen LogP contribution in [-0.2, 0) is 6.54 Å². The SMILES string of the molecule is Cc1ccc(CN)c(N(C)CC2CC(O)C2)n1. The van der Waals surface area contributed by atoms with Gasteiger partial charge in [0.2, 0.25) is 0 Å². The lowest BCUT2D eigenvalue weighted by atomic mass is 9.82. The van der Waals surface area contributed by atoms with E-state index in [1.54, 1.807) is 0 Å². The normalized spacial score (nSPS) is 23.3. The summed E-state index contributed by atoms with van der Waals surface area (Å²) >= 11 is 0. The standard InChI is InChI=1S/C13H21N3O/c1-9-3-4-11(7-14)13(15-9)16(2)8-10-5-12(17)6-10/h3-4,10,12,17H,5-8,14H2,1-2H3. The van der Waals surface area contributed by atoms with Crippen molar-refractivity contribution in [1.29, 1.82) is 0 Å². The Morgan fingerprint density at radius 2 is 2.18 bits per heavy atom. The van der Waals surface area contributed by atoms with Gasteiger partial charge in [0.25, 0.3) is 0 Å². The number of aromatic nitrogens is 1. The molecule has 0 spiro atoms. The Balaban J connectivity index is 2.06. The molecule has 3 N–H and O–H groups in total. The van der Waals surface area contributed by atoms with Crippen LogP contribution in [0.15, 0.2) is 12.1 Å². The smallest absolute Gasteiger partial charge is 0.133 e. The molecule has 94 valence electrons. The van der Waals surface area contributed by atoms with Crippen LogP contribution in [0.5, 0.6) is 0 Å². The van der Waals surface area contributed by atoms with Gasteiger partial charge in [-0.05, 0) is 31.7 Å². The molecule has 0 saturated heterocycles. The van der Waals surface area contributed by atoms with Gasteiger partial charge in [-0.3, -0.25) is 0 Å². The van der Waals surface area contributed by atoms with E-state index in [2.05, 4.69) is 9.88 Å². The molecule has 0 aliphatic heterocycles. The largest absolute Gasteiger partial charge is 0.393 e. The molecular weight excluding hydrogens is 214 g/mol. The average molecular weight is 235 g/mol. The second kappa shape index (κ2) is 5.02. The monoisotopic (exact) mass is 235 g/mol. The molecule has 0 bridgehead atoms. The van der Waals surface area contributed by atoms with Crippen LogP contribution in [0.4, 0.5) is 5.82 Å². The Bertz CT molecular complexity index is 388. The fourth-order valence-corrected chi connectivity index (χ4v) is 2.39. The molecule has 1 aliphatic rings. The number of nitrogens with zero attached hydrogens (tertiary/aromatic N) is 2. The topological polar surface area (TPSA) is 62.4 Å². The molecule has 1 saturated carbocycles. The number of aryl methyl sites for hydroxylation is 1. The first-order valence-electron chi connectivity index (χ1n) is 6.16. The summed E-state index contributed by atoms with van der Waals surface area (Å²) in [7, 11) is 2.05. The van der Waals surface area contributed by atoms with Crippen LogP contribution in [-0.4, -0.2) is 29.8 Å². The van der Waals surface area contributed by atoms with E-state index in [9.17, 15) is 5.11 Å². The van der Waals surface area contributed by atoms with Crippen molar-refractivity contribution in [3.63, 3.8) is 0 Å². The van der Waals surface area contributed by atoms with Gasteiger partial charge in [-0.25, -0.2) is 4.98 Å². The van der Waals surface area contributed by atoms with Gasteiger partial charge in [0.1, 0.15) is 5.82 Å². The van der Waals surface area contributed by atoms with Gasteiger partial charge < -0.3 is 15.7 Å². The van der Waals surface area contributed by atoms with Crippen LogP contribution in [0, 0.1) is 12.8 Å². The van der Waals surface area contributed by atoms with E-state index in [0.29, 0.717) is 12.5 Å². The Hall–Kier alpha value is -1.13. The average Bonchev–Trinajstić information content (AvgIpc) is 2.27. The minimum absolute atomic E-state index is 0.0900. The summed E-state index contributed by atoms with van der Waals surface area (Å²) in [6.45, 7) is 3.45. The number of pyridine rings is 1. The maximum atomic E-state index is 9.29. The Labute approximate surface area is 102 Å². The molecule has 17 heavy (non-hydrogen) atoms. The molecule has 1 aliphatic carbocycles. The number of hydrogen-bond acceptors (Lipinski definition) is 4. The van der Waals surface area contributed by atoms with E-state index in [4.69, 9.17) is 5.73 Å². The van der Waals surface area contributed by atoms with Crippen molar-refractivity contribution in [2.24, 2.45) is 11.7 Å². The van der Waals surface area contributed by atoms with Crippen molar-refractivity contribution < 1.29 is 5.11 Å². The summed E-state index contributed by atoms with van der Waals surface area (Å²) < 4.78 is 0. The molecule has 0 amide bonds. The van der Waals surface area contributed by atoms with Crippen molar-refractivity contribution in [2.45, 2.75) is 32.4 Å². The lowest BCUT2D eigenvalue weighted by Crippen LogP contribution is -2.37. The fourth-order valence-electron chi connectivity index (χ4n) is 2.39. The Kier molecular flexibility index (Phi) is 3.64. The van der Waals surface area contributed by atoms with Gasteiger partial charge >= 0.3 is 0 Å². The summed E-state index contributed by atoms with van der Waals surface area (Å²) in [5, 5.41) is 9.29. The summed E-state index contributed by atoms with van der Waals surface area (Å²) in [4.78, 5) is 6.72. The molecule has 0 unspecified atom stereocenters. The first-order chi connectivity index (χ1) is 8.10. The van der Waals surface area contributed by atoms with Gasteiger partial charge in [0, 0.05) is 31.4 Å². The van der Waals surface area contributed by atoms with Crippen LogP contribution < -0.4 is 10.6 Å². The second-order valence-electron chi connectivity index (χ2n) is 5.01. The van der Waals surface area contributed by atoms with Crippen molar-refractivity contribution in [3.8, 4) is 0 Å². The van der Waals surface area contributed by atoms with Gasteiger partial charge in [0.05, 0.1) is 6.10 Å². The number of aliphatic hydroxyl groups excluding tert-OH is 1. The maximum Gasteiger partial charge on any atom is 0.133 e. The van der Waals surface area contributed by atoms with E-state index in [0.717, 1.165) is 36.5 Å². The van der Waals surface area contributed by atoms with Gasteiger partial charge in [-0.15, -0.1) is 0 Å². The molecule has 1 aromatic rings. The second-order valence-corrected chi connectivity index (χ2v) is 5.01. The third-order valence-electron chi connectivity index (χ3n) is 3.42. The van der Waals surface area contributed by atoms with E-state index in [1.807, 2.05) is 26.1 Å². The maximum absolute atomic E-state index is 9.29. The lowest BCUT2D eigenvalue weighted by Gasteiger charge is -2.35. The Morgan fingerprint density at radius 1 is 1.47 bits per heavy atom. The highest BCUT2D eigenvalue weighted by atomic mass is 16.3. The van der Waals surface area contributed by atoms with Gasteiger partial charge in [-0.1, -0.05) is 6.07 Å². The molecule has 4 heteroatoms. The van der Waals surface area contributed by atoms with E-state index in [1.165, 1.54) is 0 Å². The minimum Gasteiger partial charge on any atom is -0.393 e. The zero-order valence-corrected chi connectivity index (χ0v) is 10.6. The van der Waals surface area contributed by atoms with E-state index in [-0.39, 0.29) is 6.10 Å². The summed E-state index contributed by atoms with van der Waals surface area (Å²) in [6, 6.07) is 4.04. The van der Waals surface area contributed by atoms with Crippen LogP contribution in [0.1, 0.15) is 24.1 Å². The number of anilines is 1. The third-order valence-corrected chi connectivity index (χ3v) is 3.42. The van der Waals surface area contributed by atoms with Crippen LogP contribution in [0.25, 0.3) is 0 Å². The first kappa shape index (κ1) is 12.3. The molecule has 0 radical (unpaired) electrons. The molecule has 4 nitrogen and oxygen atoms in total. The molecular formula is C13H21N3O. The summed E-state index contributed by atoms with van der Waals surface area (Å²) in [5.41, 5.74) is 7.82. The minimum atomic E-state index is -0.0900. The molecule has 1 aromatic heterocycles. The molecule has 0 atom stereocenters. The van der Waals surface area contributed by atoms with Crippen molar-refractivity contribution in [3.05, 3.63) is 23.4 Å². The van der Waals surface area contributed by atoms with Crippen LogP contribution in [0.3, 0.4) is 0 Å². The quantitative estimate of drug-likeness (QED) is 0.819. The van der Waals surface area contributed by atoms with Crippen molar-refractivity contribution in [1.82, 2.24) is 4.98 Å². The molecule has 1 heterocycles. The molecule has 1 fully saturated rings. The van der Waals surface area contributed by atoms with E-state index < -0.39 is 0 Å². The number of rotatable bonds is 4. The highest BCUT2D eigenvalue weighted by Gasteiger charge is 2.28.